The number of carbonyl (C=O) groups is 1. The molecule has 7 nitrogen and oxygen atoms in total. The van der Waals surface area contributed by atoms with E-state index in [-0.39, 0.29) is 23.1 Å². The molecule has 0 aliphatic carbocycles. The lowest BCUT2D eigenvalue weighted by Crippen LogP contribution is -2.37. The normalized spacial score (nSPS) is 17.8. The molecule has 0 N–H and O–H groups in total. The Bertz CT molecular complexity index is 879. The van der Waals surface area contributed by atoms with Crippen LogP contribution in [0.25, 0.3) is 0 Å². The molecule has 144 valence electrons. The van der Waals surface area contributed by atoms with Gasteiger partial charge in [-0.1, -0.05) is 0 Å². The summed E-state index contributed by atoms with van der Waals surface area (Å²) in [5.74, 6) is -0.280. The molecule has 2 aromatic rings. The number of anilines is 1. The smallest absolute Gasteiger partial charge is 0.364 e. The fourth-order valence-electron chi connectivity index (χ4n) is 3.24. The number of piperidine rings is 1. The van der Waals surface area contributed by atoms with Crippen molar-refractivity contribution in [1.82, 2.24) is 9.78 Å². The molecule has 1 aliphatic heterocycles. The van der Waals surface area contributed by atoms with Gasteiger partial charge in [-0.2, -0.15) is 18.3 Å². The highest BCUT2D eigenvalue weighted by Gasteiger charge is 2.35. The Morgan fingerprint density at radius 3 is 2.67 bits per heavy atom. The van der Waals surface area contributed by atoms with Crippen molar-refractivity contribution in [3.05, 3.63) is 51.8 Å². The van der Waals surface area contributed by atoms with Crippen molar-refractivity contribution in [2.24, 2.45) is 0 Å². The summed E-state index contributed by atoms with van der Waals surface area (Å²) in [6.45, 7) is 2.15. The molecule has 27 heavy (non-hydrogen) atoms. The molecule has 1 fully saturated rings. The zero-order valence-corrected chi connectivity index (χ0v) is 14.4. The molecule has 0 radical (unpaired) electrons. The topological polar surface area (TPSA) is 81.3 Å². The minimum atomic E-state index is -4.51. The lowest BCUT2D eigenvalue weighted by molar-refractivity contribution is -0.384. The van der Waals surface area contributed by atoms with E-state index in [9.17, 15) is 28.1 Å². The van der Waals surface area contributed by atoms with Gasteiger partial charge in [0.1, 0.15) is 5.69 Å². The maximum atomic E-state index is 12.8. The van der Waals surface area contributed by atoms with Gasteiger partial charge >= 0.3 is 6.18 Å². The summed E-state index contributed by atoms with van der Waals surface area (Å²) in [7, 11) is 0. The monoisotopic (exact) mass is 382 g/mol. The van der Waals surface area contributed by atoms with Gasteiger partial charge in [-0.15, -0.1) is 0 Å². The van der Waals surface area contributed by atoms with Gasteiger partial charge in [0, 0.05) is 30.9 Å². The molecule has 0 bridgehead atoms. The van der Waals surface area contributed by atoms with Crippen molar-refractivity contribution >= 4 is 17.2 Å². The van der Waals surface area contributed by atoms with Crippen LogP contribution in [-0.4, -0.2) is 33.6 Å². The van der Waals surface area contributed by atoms with Crippen LogP contribution in [0.4, 0.5) is 24.5 Å². The highest BCUT2D eigenvalue weighted by molar-refractivity contribution is 5.95. The molecule has 0 amide bonds. The molecule has 2 heterocycles. The molecule has 1 aromatic carbocycles. The zero-order chi connectivity index (χ0) is 19.8. The van der Waals surface area contributed by atoms with E-state index < -0.39 is 16.8 Å². The Hall–Kier alpha value is -2.91. The molecule has 10 heteroatoms. The van der Waals surface area contributed by atoms with Crippen LogP contribution in [0.15, 0.2) is 30.5 Å². The van der Waals surface area contributed by atoms with E-state index in [1.807, 2.05) is 0 Å². The predicted molar refractivity (Wildman–Crippen MR) is 90.8 cm³/mol. The lowest BCUT2D eigenvalue weighted by Gasteiger charge is -2.34. The highest BCUT2D eigenvalue weighted by atomic mass is 19.4. The maximum Gasteiger partial charge on any atom is 0.435 e. The van der Waals surface area contributed by atoms with Crippen LogP contribution in [0.5, 0.6) is 0 Å². The van der Waals surface area contributed by atoms with Crippen LogP contribution in [0, 0.1) is 10.1 Å². The summed E-state index contributed by atoms with van der Waals surface area (Å²) >= 11 is 0. The second kappa shape index (κ2) is 7.01. The summed E-state index contributed by atoms with van der Waals surface area (Å²) in [6, 6.07) is 4.85. The van der Waals surface area contributed by atoms with E-state index >= 15 is 0 Å². The van der Waals surface area contributed by atoms with Crippen molar-refractivity contribution in [2.75, 3.05) is 18.0 Å². The van der Waals surface area contributed by atoms with Crippen molar-refractivity contribution < 1.29 is 22.9 Å². The molecule has 1 atom stereocenters. The lowest BCUT2D eigenvalue weighted by atomic mass is 10.0. The number of Topliss-reactive ketones (excluding diaryl/α,β-unsaturated/α-hetero) is 1. The zero-order valence-electron chi connectivity index (χ0n) is 14.4. The summed E-state index contributed by atoms with van der Waals surface area (Å²) in [5, 5.41) is 15.0. The first-order valence-electron chi connectivity index (χ1n) is 8.33. The van der Waals surface area contributed by atoms with Crippen molar-refractivity contribution in [3.8, 4) is 0 Å². The van der Waals surface area contributed by atoms with Gasteiger partial charge in [-0.25, -0.2) is 0 Å². The third-order valence-electron chi connectivity index (χ3n) is 4.59. The van der Waals surface area contributed by atoms with Crippen molar-refractivity contribution in [2.45, 2.75) is 32.0 Å². The van der Waals surface area contributed by atoms with Crippen molar-refractivity contribution in [3.63, 3.8) is 0 Å². The van der Waals surface area contributed by atoms with Crippen LogP contribution in [-0.2, 0) is 6.18 Å². The van der Waals surface area contributed by atoms with Crippen LogP contribution in [0.3, 0.4) is 0 Å². The van der Waals surface area contributed by atoms with Gasteiger partial charge in [0.25, 0.3) is 5.69 Å². The van der Waals surface area contributed by atoms with E-state index in [4.69, 9.17) is 0 Å². The maximum absolute atomic E-state index is 12.8. The quantitative estimate of drug-likeness (QED) is 0.456. The van der Waals surface area contributed by atoms with Crippen molar-refractivity contribution in [1.29, 1.82) is 0 Å². The van der Waals surface area contributed by atoms with Crippen LogP contribution in [0.2, 0.25) is 0 Å². The second-order valence-electron chi connectivity index (χ2n) is 6.44. The van der Waals surface area contributed by atoms with Gasteiger partial charge in [0.2, 0.25) is 0 Å². The van der Waals surface area contributed by atoms with Crippen LogP contribution in [0.1, 0.15) is 41.9 Å². The van der Waals surface area contributed by atoms with E-state index in [1.54, 1.807) is 4.90 Å². The number of halogens is 3. The molecule has 0 spiro atoms. The van der Waals surface area contributed by atoms with Gasteiger partial charge < -0.3 is 4.90 Å². The Balaban J connectivity index is 1.87. The number of nitro groups is 1. The standard InChI is InChI=1S/C17H17F3N4O3/c1-11(25)12-4-5-14(15(9-12)24(26)27)22-7-2-3-13(10-22)23-8-6-16(21-23)17(18,19)20/h4-6,8-9,13H,2-3,7,10H2,1H3. The van der Waals surface area contributed by atoms with Gasteiger partial charge in [0.15, 0.2) is 11.5 Å². The minimum Gasteiger partial charge on any atom is -0.364 e. The number of aromatic nitrogens is 2. The molecule has 1 saturated heterocycles. The Morgan fingerprint density at radius 1 is 1.33 bits per heavy atom. The number of hydrogen-bond donors (Lipinski definition) is 0. The number of carbonyl (C=O) groups excluding carboxylic acids is 1. The number of benzene rings is 1. The van der Waals surface area contributed by atoms with E-state index in [0.717, 1.165) is 6.07 Å². The fraction of sp³-hybridized carbons (Fsp3) is 0.412. The second-order valence-corrected chi connectivity index (χ2v) is 6.44. The Labute approximate surface area is 152 Å². The first-order chi connectivity index (χ1) is 12.7. The summed E-state index contributed by atoms with van der Waals surface area (Å²) < 4.78 is 39.6. The highest BCUT2D eigenvalue weighted by Crippen LogP contribution is 2.34. The van der Waals surface area contributed by atoms with Crippen LogP contribution >= 0.6 is 0 Å². The SMILES string of the molecule is CC(=O)c1ccc(N2CCCC(n3ccc(C(F)(F)F)n3)C2)c([N+](=O)[O-])c1. The fourth-order valence-corrected chi connectivity index (χ4v) is 3.24. The number of ketones is 1. The molecule has 3 rings (SSSR count). The molecule has 1 unspecified atom stereocenters. The number of nitro benzene ring substituents is 1. The third-order valence-corrected chi connectivity index (χ3v) is 4.59. The van der Waals surface area contributed by atoms with Gasteiger partial charge in [-0.05, 0) is 38.0 Å². The van der Waals surface area contributed by atoms with E-state index in [1.165, 1.54) is 36.0 Å². The third kappa shape index (κ3) is 3.93. The van der Waals surface area contributed by atoms with Gasteiger partial charge in [-0.3, -0.25) is 19.6 Å². The average Bonchev–Trinajstić information content (AvgIpc) is 3.12. The number of nitrogens with zero attached hydrogens (tertiary/aromatic N) is 4. The number of alkyl halides is 3. The van der Waals surface area contributed by atoms with Crippen LogP contribution < -0.4 is 4.90 Å². The summed E-state index contributed by atoms with van der Waals surface area (Å²) in [4.78, 5) is 24.1. The average molecular weight is 382 g/mol. The number of hydrogen-bond acceptors (Lipinski definition) is 5. The predicted octanol–water partition coefficient (Wildman–Crippen LogP) is 3.85. The minimum absolute atomic E-state index is 0.195. The van der Waals surface area contributed by atoms with Gasteiger partial charge in [0.05, 0.1) is 11.0 Å². The molecular formula is C17H17F3N4O3. The largest absolute Gasteiger partial charge is 0.435 e. The van der Waals surface area contributed by atoms with E-state index in [2.05, 4.69) is 5.10 Å². The summed E-state index contributed by atoms with van der Waals surface area (Å²) in [5.41, 5.74) is -0.574. The molecule has 1 aliphatic rings. The first kappa shape index (κ1) is 18.9. The Kier molecular flexibility index (Phi) is 4.90. The van der Waals surface area contributed by atoms with E-state index in [0.29, 0.717) is 31.6 Å². The molecular weight excluding hydrogens is 365 g/mol. The number of rotatable bonds is 4. The Morgan fingerprint density at radius 2 is 2.07 bits per heavy atom. The summed E-state index contributed by atoms with van der Waals surface area (Å²) in [6.07, 6.45) is -1.96. The molecule has 1 aromatic heterocycles. The first-order valence-corrected chi connectivity index (χ1v) is 8.33. The molecule has 0 saturated carbocycles.